The third kappa shape index (κ3) is 4.64. The van der Waals surface area contributed by atoms with Gasteiger partial charge in [-0.05, 0) is 25.1 Å². The largest absolute Gasteiger partial charge is 0.506 e. The van der Waals surface area contributed by atoms with Crippen molar-refractivity contribution in [1.82, 2.24) is 10.2 Å². The highest BCUT2D eigenvalue weighted by Gasteiger charge is 2.21. The average Bonchev–Trinajstić information content (AvgIpc) is 2.72. The van der Waals surface area contributed by atoms with Crippen LogP contribution in [0, 0.1) is 0 Å². The van der Waals surface area contributed by atoms with Crippen LogP contribution in [0.5, 0.6) is 11.5 Å². The zero-order chi connectivity index (χ0) is 19.1. The van der Waals surface area contributed by atoms with Gasteiger partial charge >= 0.3 is 0 Å². The van der Waals surface area contributed by atoms with E-state index in [1.54, 1.807) is 13.2 Å². The lowest BCUT2D eigenvalue weighted by Gasteiger charge is -2.37. The molecule has 0 spiro atoms. The predicted molar refractivity (Wildman–Crippen MR) is 110 cm³/mol. The van der Waals surface area contributed by atoms with Crippen LogP contribution < -0.4 is 15.0 Å². The van der Waals surface area contributed by atoms with Gasteiger partial charge in [0.1, 0.15) is 11.5 Å². The van der Waals surface area contributed by atoms with Crippen molar-refractivity contribution in [3.63, 3.8) is 0 Å². The van der Waals surface area contributed by atoms with Crippen LogP contribution in [0.4, 0.5) is 5.69 Å². The number of benzene rings is 2. The number of anilines is 1. The van der Waals surface area contributed by atoms with Gasteiger partial charge in [0.2, 0.25) is 0 Å². The van der Waals surface area contributed by atoms with Gasteiger partial charge in [0, 0.05) is 38.3 Å². The third-order valence-electron chi connectivity index (χ3n) is 4.73. The lowest BCUT2D eigenvalue weighted by Crippen LogP contribution is -2.52. The van der Waals surface area contributed by atoms with E-state index in [0.29, 0.717) is 12.3 Å². The summed E-state index contributed by atoms with van der Waals surface area (Å²) in [4.78, 5) is 9.31. The zero-order valence-electron chi connectivity index (χ0n) is 16.1. The number of rotatable bonds is 5. The quantitative estimate of drug-likeness (QED) is 0.628. The zero-order valence-corrected chi connectivity index (χ0v) is 16.1. The van der Waals surface area contributed by atoms with Gasteiger partial charge in [-0.15, -0.1) is 0 Å². The molecule has 1 fully saturated rings. The van der Waals surface area contributed by atoms with Gasteiger partial charge in [-0.25, -0.2) is 4.99 Å². The van der Waals surface area contributed by atoms with Crippen molar-refractivity contribution in [2.45, 2.75) is 13.5 Å². The number of nitrogens with zero attached hydrogens (tertiary/aromatic N) is 3. The number of phenols is 1. The highest BCUT2D eigenvalue weighted by Crippen LogP contribution is 2.27. The highest BCUT2D eigenvalue weighted by atomic mass is 16.5. The average molecular weight is 368 g/mol. The Morgan fingerprint density at radius 1 is 1.07 bits per heavy atom. The summed E-state index contributed by atoms with van der Waals surface area (Å²) in [5.74, 6) is 2.12. The molecule has 2 N–H and O–H groups in total. The highest BCUT2D eigenvalue weighted by molar-refractivity contribution is 5.80. The number of piperazine rings is 1. The van der Waals surface area contributed by atoms with Gasteiger partial charge in [-0.1, -0.05) is 30.3 Å². The van der Waals surface area contributed by atoms with Crippen LogP contribution in [0.25, 0.3) is 0 Å². The molecule has 1 saturated heterocycles. The van der Waals surface area contributed by atoms with Crippen molar-refractivity contribution in [2.75, 3.05) is 44.7 Å². The first kappa shape index (κ1) is 18.9. The maximum atomic E-state index is 10.1. The van der Waals surface area contributed by atoms with Gasteiger partial charge in [-0.3, -0.25) is 0 Å². The van der Waals surface area contributed by atoms with Crippen molar-refractivity contribution in [3.05, 3.63) is 54.1 Å². The van der Waals surface area contributed by atoms with E-state index < -0.39 is 0 Å². The van der Waals surface area contributed by atoms with Crippen LogP contribution in [0.3, 0.4) is 0 Å². The SMILES string of the molecule is CCNC(=NCc1ccccc1OC)N1CCN(c2ccccc2O)CC1. The van der Waals surface area contributed by atoms with E-state index in [2.05, 4.69) is 22.0 Å². The Bertz CT molecular complexity index is 770. The van der Waals surface area contributed by atoms with Crippen molar-refractivity contribution < 1.29 is 9.84 Å². The molecule has 0 amide bonds. The van der Waals surface area contributed by atoms with Crippen LogP contribution in [0.15, 0.2) is 53.5 Å². The normalized spacial score (nSPS) is 15.0. The predicted octanol–water partition coefficient (Wildman–Crippen LogP) is 2.69. The molecule has 0 bridgehead atoms. The number of guanidine groups is 1. The van der Waals surface area contributed by atoms with Gasteiger partial charge in [-0.2, -0.15) is 0 Å². The minimum Gasteiger partial charge on any atom is -0.506 e. The molecule has 144 valence electrons. The summed E-state index contributed by atoms with van der Waals surface area (Å²) in [5.41, 5.74) is 1.97. The molecule has 0 aromatic heterocycles. The molecule has 1 aliphatic rings. The fourth-order valence-corrected chi connectivity index (χ4v) is 3.31. The molecule has 1 heterocycles. The number of phenolic OH excluding ortho intramolecular Hbond substituents is 1. The van der Waals surface area contributed by atoms with Crippen LogP contribution in [0.1, 0.15) is 12.5 Å². The summed E-state index contributed by atoms with van der Waals surface area (Å²) in [6.07, 6.45) is 0. The molecule has 3 rings (SSSR count). The standard InChI is InChI=1S/C21H28N4O2/c1-3-22-21(23-16-17-8-4-7-11-20(17)27-2)25-14-12-24(13-15-25)18-9-5-6-10-19(18)26/h4-11,26H,3,12-16H2,1-2H3,(H,22,23). The van der Waals surface area contributed by atoms with Gasteiger partial charge < -0.3 is 25.0 Å². The number of methoxy groups -OCH3 is 1. The summed E-state index contributed by atoms with van der Waals surface area (Å²) in [5, 5.41) is 13.5. The second-order valence-electron chi connectivity index (χ2n) is 6.44. The van der Waals surface area contributed by atoms with Crippen LogP contribution in [-0.4, -0.2) is 55.8 Å². The first-order valence-corrected chi connectivity index (χ1v) is 9.41. The number of para-hydroxylation sites is 3. The fourth-order valence-electron chi connectivity index (χ4n) is 3.31. The Hall–Kier alpha value is -2.89. The monoisotopic (exact) mass is 368 g/mol. The lowest BCUT2D eigenvalue weighted by atomic mass is 10.2. The lowest BCUT2D eigenvalue weighted by molar-refractivity contribution is 0.369. The smallest absolute Gasteiger partial charge is 0.194 e. The summed E-state index contributed by atoms with van der Waals surface area (Å²) in [7, 11) is 1.69. The molecular weight excluding hydrogens is 340 g/mol. The second kappa shape index (κ2) is 9.16. The Labute approximate surface area is 161 Å². The molecule has 2 aromatic rings. The van der Waals surface area contributed by atoms with Gasteiger partial charge in [0.25, 0.3) is 0 Å². The molecule has 0 atom stereocenters. The minimum atomic E-state index is 0.336. The Kier molecular flexibility index (Phi) is 6.41. The third-order valence-corrected chi connectivity index (χ3v) is 4.73. The first-order chi connectivity index (χ1) is 13.2. The summed E-state index contributed by atoms with van der Waals surface area (Å²) < 4.78 is 5.42. The van der Waals surface area contributed by atoms with E-state index in [9.17, 15) is 5.11 Å². The molecular formula is C21H28N4O2. The van der Waals surface area contributed by atoms with Crippen LogP contribution in [0.2, 0.25) is 0 Å². The topological polar surface area (TPSA) is 60.3 Å². The van der Waals surface area contributed by atoms with Crippen molar-refractivity contribution in [3.8, 4) is 11.5 Å². The minimum absolute atomic E-state index is 0.336. The van der Waals surface area contributed by atoms with Crippen LogP contribution in [-0.2, 0) is 6.54 Å². The molecule has 6 nitrogen and oxygen atoms in total. The number of hydrogen-bond donors (Lipinski definition) is 2. The van der Waals surface area contributed by atoms with E-state index in [-0.39, 0.29) is 0 Å². The molecule has 0 saturated carbocycles. The fraction of sp³-hybridized carbons (Fsp3) is 0.381. The Morgan fingerprint density at radius 3 is 2.48 bits per heavy atom. The Balaban J connectivity index is 1.67. The van der Waals surface area contributed by atoms with E-state index in [1.165, 1.54) is 0 Å². The molecule has 27 heavy (non-hydrogen) atoms. The maximum absolute atomic E-state index is 10.1. The first-order valence-electron chi connectivity index (χ1n) is 9.41. The van der Waals surface area contributed by atoms with Crippen molar-refractivity contribution in [1.29, 1.82) is 0 Å². The summed E-state index contributed by atoms with van der Waals surface area (Å²) in [6.45, 7) is 6.87. The van der Waals surface area contributed by atoms with E-state index in [1.807, 2.05) is 42.5 Å². The van der Waals surface area contributed by atoms with Crippen molar-refractivity contribution >= 4 is 11.6 Å². The molecule has 2 aromatic carbocycles. The number of aromatic hydroxyl groups is 1. The molecule has 0 unspecified atom stereocenters. The second-order valence-corrected chi connectivity index (χ2v) is 6.44. The Morgan fingerprint density at radius 2 is 1.78 bits per heavy atom. The molecule has 0 radical (unpaired) electrons. The maximum Gasteiger partial charge on any atom is 0.194 e. The van der Waals surface area contributed by atoms with E-state index in [4.69, 9.17) is 9.73 Å². The summed E-state index contributed by atoms with van der Waals surface area (Å²) >= 11 is 0. The van der Waals surface area contributed by atoms with E-state index >= 15 is 0 Å². The van der Waals surface area contributed by atoms with Crippen LogP contribution >= 0.6 is 0 Å². The molecule has 0 aliphatic carbocycles. The summed E-state index contributed by atoms with van der Waals surface area (Å²) in [6, 6.07) is 15.5. The van der Waals surface area contributed by atoms with Crippen molar-refractivity contribution in [2.24, 2.45) is 4.99 Å². The van der Waals surface area contributed by atoms with E-state index in [0.717, 1.165) is 55.7 Å². The van der Waals surface area contributed by atoms with Gasteiger partial charge in [0.05, 0.1) is 19.3 Å². The number of hydrogen-bond acceptors (Lipinski definition) is 4. The number of nitrogens with one attached hydrogen (secondary N) is 1. The number of aliphatic imine (C=N–C) groups is 1. The van der Waals surface area contributed by atoms with Gasteiger partial charge in [0.15, 0.2) is 5.96 Å². The number of ether oxygens (including phenoxy) is 1. The molecule has 6 heteroatoms. The molecule has 1 aliphatic heterocycles.